The molecule has 0 aromatic heterocycles. The lowest BCUT2D eigenvalue weighted by atomic mass is 10.1. The second-order valence-corrected chi connectivity index (χ2v) is 5.71. The van der Waals surface area contributed by atoms with Crippen LogP contribution in [-0.2, 0) is 9.53 Å². The molecule has 5 nitrogen and oxygen atoms in total. The van der Waals surface area contributed by atoms with E-state index in [-0.39, 0.29) is 31.6 Å². The van der Waals surface area contributed by atoms with Crippen LogP contribution in [0.15, 0.2) is 24.3 Å². The number of alkyl halides is 1. The van der Waals surface area contributed by atoms with Crippen LogP contribution in [0.2, 0.25) is 0 Å². The minimum absolute atomic E-state index is 0.0357. The van der Waals surface area contributed by atoms with Crippen LogP contribution in [0.25, 0.3) is 0 Å². The Kier molecular flexibility index (Phi) is 4.68. The molecular weight excluding hydrogens is 287 g/mol. The highest BCUT2D eigenvalue weighted by molar-refractivity contribution is 5.83. The molecule has 0 aliphatic carbocycles. The lowest BCUT2D eigenvalue weighted by Crippen LogP contribution is -2.44. The van der Waals surface area contributed by atoms with Gasteiger partial charge in [-0.2, -0.15) is 0 Å². The van der Waals surface area contributed by atoms with Crippen LogP contribution < -0.4 is 5.32 Å². The van der Waals surface area contributed by atoms with Gasteiger partial charge in [0.1, 0.15) is 0 Å². The summed E-state index contributed by atoms with van der Waals surface area (Å²) in [5.74, 6) is -0.922. The lowest BCUT2D eigenvalue weighted by molar-refractivity contribution is -0.153. The molecule has 120 valence electrons. The molecule has 6 heteroatoms. The van der Waals surface area contributed by atoms with Gasteiger partial charge in [-0.1, -0.05) is 29.8 Å². The molecule has 22 heavy (non-hydrogen) atoms. The van der Waals surface area contributed by atoms with Gasteiger partial charge < -0.3 is 15.0 Å². The lowest BCUT2D eigenvalue weighted by Gasteiger charge is -2.22. The van der Waals surface area contributed by atoms with Gasteiger partial charge in [-0.3, -0.25) is 0 Å². The van der Waals surface area contributed by atoms with Crippen LogP contribution in [0.5, 0.6) is 0 Å². The Morgan fingerprint density at radius 3 is 2.59 bits per heavy atom. The number of esters is 1. The van der Waals surface area contributed by atoms with E-state index in [4.69, 9.17) is 0 Å². The summed E-state index contributed by atoms with van der Waals surface area (Å²) in [6, 6.07) is 7.25. The number of hydrogen-bond donors (Lipinski definition) is 1. The molecule has 1 heterocycles. The molecule has 2 atom stereocenters. The van der Waals surface area contributed by atoms with Gasteiger partial charge in [-0.25, -0.2) is 14.0 Å². The molecule has 0 spiro atoms. The first-order valence-corrected chi connectivity index (χ1v) is 7.25. The zero-order chi connectivity index (χ0) is 16.3. The fourth-order valence-corrected chi connectivity index (χ4v) is 2.51. The molecule has 0 saturated carbocycles. The van der Waals surface area contributed by atoms with Gasteiger partial charge >= 0.3 is 12.0 Å². The highest BCUT2D eigenvalue weighted by atomic mass is 19.1. The van der Waals surface area contributed by atoms with Crippen LogP contribution in [0.1, 0.15) is 30.5 Å². The maximum Gasteiger partial charge on any atom is 0.345 e. The average Bonchev–Trinajstić information content (AvgIpc) is 2.91. The van der Waals surface area contributed by atoms with Crippen LogP contribution in [-0.4, -0.2) is 42.8 Å². The number of nitrogens with one attached hydrogen (secondary N) is 1. The maximum absolute atomic E-state index is 14.3. The van der Waals surface area contributed by atoms with E-state index in [1.54, 1.807) is 0 Å². The van der Waals surface area contributed by atoms with E-state index < -0.39 is 11.6 Å². The van der Waals surface area contributed by atoms with Crippen molar-refractivity contribution in [3.05, 3.63) is 35.4 Å². The number of hydrogen-bond acceptors (Lipinski definition) is 3. The summed E-state index contributed by atoms with van der Waals surface area (Å²) in [4.78, 5) is 24.9. The number of ether oxygens (including phenoxy) is 1. The predicted octanol–water partition coefficient (Wildman–Crippen LogP) is 2.35. The van der Waals surface area contributed by atoms with E-state index in [9.17, 15) is 14.0 Å². The second-order valence-electron chi connectivity index (χ2n) is 5.71. The third-order valence-electron chi connectivity index (χ3n) is 3.98. The number of aryl methyl sites for hydroxylation is 1. The van der Waals surface area contributed by atoms with Crippen molar-refractivity contribution in [2.45, 2.75) is 32.0 Å². The van der Waals surface area contributed by atoms with Gasteiger partial charge in [0, 0.05) is 13.0 Å². The van der Waals surface area contributed by atoms with Crippen molar-refractivity contribution < 1.29 is 18.7 Å². The molecule has 2 rings (SSSR count). The van der Waals surface area contributed by atoms with Gasteiger partial charge in [0.05, 0.1) is 19.7 Å². The SMILES string of the molecule is COC(=O)C1(F)CCN(C(=O)NC(C)c2ccc(C)cc2)C1. The largest absolute Gasteiger partial charge is 0.467 e. The van der Waals surface area contributed by atoms with Crippen molar-refractivity contribution in [2.75, 3.05) is 20.2 Å². The number of halogens is 1. The highest BCUT2D eigenvalue weighted by Gasteiger charge is 2.47. The summed E-state index contributed by atoms with van der Waals surface area (Å²) >= 11 is 0. The Morgan fingerprint density at radius 2 is 2.00 bits per heavy atom. The number of likely N-dealkylation sites (tertiary alicyclic amines) is 1. The number of benzene rings is 1. The van der Waals surface area contributed by atoms with Gasteiger partial charge in [-0.05, 0) is 19.4 Å². The molecule has 1 aliphatic heterocycles. The molecule has 1 aromatic carbocycles. The molecular formula is C16H21FN2O3. The van der Waals surface area contributed by atoms with Crippen molar-refractivity contribution in [1.82, 2.24) is 10.2 Å². The third kappa shape index (κ3) is 3.37. The number of carbonyl (C=O) groups excluding carboxylic acids is 2. The van der Waals surface area contributed by atoms with Crippen molar-refractivity contribution in [2.24, 2.45) is 0 Å². The molecule has 2 amide bonds. The van der Waals surface area contributed by atoms with Crippen molar-refractivity contribution >= 4 is 12.0 Å². The van der Waals surface area contributed by atoms with Crippen molar-refractivity contribution in [3.63, 3.8) is 0 Å². The summed E-state index contributed by atoms with van der Waals surface area (Å²) in [5.41, 5.74) is 0.0128. The fourth-order valence-electron chi connectivity index (χ4n) is 2.51. The van der Waals surface area contributed by atoms with E-state index in [0.717, 1.165) is 18.2 Å². The summed E-state index contributed by atoms with van der Waals surface area (Å²) in [6.07, 6.45) is -0.0357. The maximum atomic E-state index is 14.3. The Labute approximate surface area is 129 Å². The molecule has 2 unspecified atom stereocenters. The number of carbonyl (C=O) groups is 2. The first kappa shape index (κ1) is 16.3. The van der Waals surface area contributed by atoms with Crippen LogP contribution >= 0.6 is 0 Å². The third-order valence-corrected chi connectivity index (χ3v) is 3.98. The number of amides is 2. The number of methoxy groups -OCH3 is 1. The van der Waals surface area contributed by atoms with E-state index >= 15 is 0 Å². The van der Waals surface area contributed by atoms with Gasteiger partial charge in [0.15, 0.2) is 0 Å². The molecule has 1 N–H and O–H groups in total. The van der Waals surface area contributed by atoms with Crippen molar-refractivity contribution in [1.29, 1.82) is 0 Å². The monoisotopic (exact) mass is 308 g/mol. The highest BCUT2D eigenvalue weighted by Crippen LogP contribution is 2.27. The van der Waals surface area contributed by atoms with E-state index in [2.05, 4.69) is 10.1 Å². The average molecular weight is 308 g/mol. The smallest absolute Gasteiger partial charge is 0.345 e. The van der Waals surface area contributed by atoms with Crippen LogP contribution in [0.3, 0.4) is 0 Å². The van der Waals surface area contributed by atoms with Crippen molar-refractivity contribution in [3.8, 4) is 0 Å². The Bertz CT molecular complexity index is 561. The minimum atomic E-state index is -2.10. The molecule has 1 saturated heterocycles. The molecule has 1 fully saturated rings. The standard InChI is InChI=1S/C16H21FN2O3/c1-11-4-6-13(7-5-11)12(2)18-15(21)19-9-8-16(17,10-19)14(20)22-3/h4-7,12H,8-10H2,1-3H3,(H,18,21). The molecule has 0 radical (unpaired) electrons. The summed E-state index contributed by atoms with van der Waals surface area (Å²) < 4.78 is 18.8. The Hall–Kier alpha value is -2.11. The minimum Gasteiger partial charge on any atom is -0.467 e. The number of nitrogens with zero attached hydrogens (tertiary/aromatic N) is 1. The second kappa shape index (κ2) is 6.34. The first-order chi connectivity index (χ1) is 10.4. The first-order valence-electron chi connectivity index (χ1n) is 7.25. The normalized spacial score (nSPS) is 22.3. The van der Waals surface area contributed by atoms with Crippen LogP contribution in [0.4, 0.5) is 9.18 Å². The van der Waals surface area contributed by atoms with Crippen LogP contribution in [0, 0.1) is 6.92 Å². The fraction of sp³-hybridized carbons (Fsp3) is 0.500. The summed E-state index contributed by atoms with van der Waals surface area (Å²) in [6.45, 7) is 3.77. The van der Waals surface area contributed by atoms with E-state index in [0.29, 0.717) is 0 Å². The van der Waals surface area contributed by atoms with E-state index in [1.807, 2.05) is 38.1 Å². The number of rotatable bonds is 3. The zero-order valence-electron chi connectivity index (χ0n) is 13.1. The van der Waals surface area contributed by atoms with Gasteiger partial charge in [0.25, 0.3) is 0 Å². The molecule has 1 aliphatic rings. The summed E-state index contributed by atoms with van der Waals surface area (Å²) in [5, 5.41) is 2.82. The zero-order valence-corrected chi connectivity index (χ0v) is 13.1. The van der Waals surface area contributed by atoms with Gasteiger partial charge in [0.2, 0.25) is 5.67 Å². The molecule has 0 bridgehead atoms. The van der Waals surface area contributed by atoms with Gasteiger partial charge in [-0.15, -0.1) is 0 Å². The summed E-state index contributed by atoms with van der Waals surface area (Å²) in [7, 11) is 1.14. The van der Waals surface area contributed by atoms with E-state index in [1.165, 1.54) is 4.90 Å². The Morgan fingerprint density at radius 1 is 1.36 bits per heavy atom. The number of urea groups is 1. The Balaban J connectivity index is 1.96. The predicted molar refractivity (Wildman–Crippen MR) is 80.2 cm³/mol. The molecule has 1 aromatic rings. The quantitative estimate of drug-likeness (QED) is 0.872. The topological polar surface area (TPSA) is 58.6 Å².